The molecule has 34 heavy (non-hydrogen) atoms. The van der Waals surface area contributed by atoms with Crippen LogP contribution in [0.1, 0.15) is 37.9 Å². The molecule has 1 amide bonds. The number of cyclic esters (lactones) is 1. The quantitative estimate of drug-likeness (QED) is 0.554. The van der Waals surface area contributed by atoms with Crippen LogP contribution >= 0.6 is 0 Å². The number of hydrogen-bond acceptors (Lipinski definition) is 8. The summed E-state index contributed by atoms with van der Waals surface area (Å²) in [6, 6.07) is 9.60. The SMILES string of the molecule is COC(=O)CC[C@@H]1OC(=O)N2c3ccc(-c4ccc(-n5cc(C(C)(C)O)nn5)nc4)cc3C[C@@H]12. The zero-order valence-electron chi connectivity index (χ0n) is 19.1. The van der Waals surface area contributed by atoms with Gasteiger partial charge in [0.25, 0.3) is 0 Å². The summed E-state index contributed by atoms with van der Waals surface area (Å²) in [7, 11) is 1.35. The summed E-state index contributed by atoms with van der Waals surface area (Å²) in [5, 5.41) is 18.1. The van der Waals surface area contributed by atoms with Crippen LogP contribution in [-0.2, 0) is 26.3 Å². The van der Waals surface area contributed by atoms with Crippen molar-refractivity contribution in [2.75, 3.05) is 12.0 Å². The summed E-state index contributed by atoms with van der Waals surface area (Å²) in [4.78, 5) is 30.2. The summed E-state index contributed by atoms with van der Waals surface area (Å²) >= 11 is 0. The number of carbonyl (C=O) groups excluding carboxylic acids is 2. The number of rotatable bonds is 6. The maximum Gasteiger partial charge on any atom is 0.415 e. The summed E-state index contributed by atoms with van der Waals surface area (Å²) in [6.45, 7) is 3.30. The predicted molar refractivity (Wildman–Crippen MR) is 121 cm³/mol. The first kappa shape index (κ1) is 22.0. The van der Waals surface area contributed by atoms with Crippen LogP contribution in [0.5, 0.6) is 0 Å². The summed E-state index contributed by atoms with van der Waals surface area (Å²) in [6.07, 6.45) is 3.98. The molecule has 0 spiro atoms. The van der Waals surface area contributed by atoms with Gasteiger partial charge in [0.2, 0.25) is 0 Å². The smallest absolute Gasteiger partial charge is 0.415 e. The van der Waals surface area contributed by atoms with Crippen LogP contribution in [0.15, 0.2) is 42.7 Å². The minimum atomic E-state index is -1.08. The van der Waals surface area contributed by atoms with E-state index < -0.39 is 5.60 Å². The fourth-order valence-electron chi connectivity index (χ4n) is 4.42. The Hall–Kier alpha value is -3.79. The number of methoxy groups -OCH3 is 1. The number of benzene rings is 1. The Morgan fingerprint density at radius 1 is 1.26 bits per heavy atom. The summed E-state index contributed by atoms with van der Waals surface area (Å²) in [5.41, 5.74) is 3.17. The predicted octanol–water partition coefficient (Wildman–Crippen LogP) is 2.76. The lowest BCUT2D eigenvalue weighted by molar-refractivity contribution is -0.141. The fraction of sp³-hybridized carbons (Fsp3) is 0.375. The van der Waals surface area contributed by atoms with Gasteiger partial charge in [-0.1, -0.05) is 11.3 Å². The van der Waals surface area contributed by atoms with Crippen LogP contribution in [0.2, 0.25) is 0 Å². The molecule has 4 heterocycles. The molecule has 1 N–H and O–H groups in total. The van der Waals surface area contributed by atoms with E-state index in [1.54, 1.807) is 31.1 Å². The highest BCUT2D eigenvalue weighted by molar-refractivity contribution is 5.94. The van der Waals surface area contributed by atoms with Crippen LogP contribution < -0.4 is 4.90 Å². The van der Waals surface area contributed by atoms with E-state index in [9.17, 15) is 14.7 Å². The van der Waals surface area contributed by atoms with Crippen molar-refractivity contribution in [2.24, 2.45) is 0 Å². The highest BCUT2D eigenvalue weighted by Gasteiger charge is 2.47. The Labute approximate surface area is 196 Å². The molecule has 176 valence electrons. The van der Waals surface area contributed by atoms with E-state index in [4.69, 9.17) is 9.47 Å². The number of carbonyl (C=O) groups is 2. The third-order valence-corrected chi connectivity index (χ3v) is 6.27. The van der Waals surface area contributed by atoms with Crippen molar-refractivity contribution in [3.8, 4) is 16.9 Å². The van der Waals surface area contributed by atoms with Gasteiger partial charge in [-0.15, -0.1) is 5.10 Å². The topological polar surface area (TPSA) is 120 Å². The molecule has 1 saturated heterocycles. The standard InChI is InChI=1S/C24H25N5O5/c1-24(2,32)20-13-28(27-26-20)21-8-5-15(12-25-21)14-4-6-17-16(10-14)11-18-19(7-9-22(30)33-3)34-23(31)29(17)18/h4-6,8,10,12-13,18-19,32H,7,9,11H2,1-3H3/t18-,19-/m0/s1. The molecule has 0 aliphatic carbocycles. The lowest BCUT2D eigenvalue weighted by Crippen LogP contribution is -2.33. The third kappa shape index (κ3) is 3.90. The van der Waals surface area contributed by atoms with Crippen molar-refractivity contribution in [3.05, 3.63) is 54.0 Å². The van der Waals surface area contributed by atoms with Crippen molar-refractivity contribution >= 4 is 17.7 Å². The first-order valence-corrected chi connectivity index (χ1v) is 11.1. The monoisotopic (exact) mass is 463 g/mol. The molecule has 0 saturated carbocycles. The number of ether oxygens (including phenoxy) is 2. The van der Waals surface area contributed by atoms with Gasteiger partial charge in [-0.2, -0.15) is 0 Å². The second-order valence-electron chi connectivity index (χ2n) is 9.03. The second kappa shape index (κ2) is 8.21. The first-order chi connectivity index (χ1) is 16.2. The van der Waals surface area contributed by atoms with Crippen LogP contribution in [0, 0.1) is 0 Å². The number of aliphatic hydroxyl groups is 1. The molecule has 0 radical (unpaired) electrons. The average molecular weight is 463 g/mol. The van der Waals surface area contributed by atoms with Gasteiger partial charge in [-0.25, -0.2) is 14.5 Å². The highest BCUT2D eigenvalue weighted by Crippen LogP contribution is 2.41. The zero-order valence-corrected chi connectivity index (χ0v) is 19.1. The average Bonchev–Trinajstić information content (AvgIpc) is 3.52. The molecule has 0 unspecified atom stereocenters. The van der Waals surface area contributed by atoms with Crippen LogP contribution in [0.25, 0.3) is 16.9 Å². The minimum absolute atomic E-state index is 0.125. The molecular weight excluding hydrogens is 438 g/mol. The van der Waals surface area contributed by atoms with E-state index in [1.807, 2.05) is 24.3 Å². The van der Waals surface area contributed by atoms with Crippen molar-refractivity contribution in [1.29, 1.82) is 0 Å². The Morgan fingerprint density at radius 2 is 2.06 bits per heavy atom. The minimum Gasteiger partial charge on any atom is -0.469 e. The van der Waals surface area contributed by atoms with Crippen LogP contribution in [0.3, 0.4) is 0 Å². The molecular formula is C24H25N5O5. The number of pyridine rings is 1. The maximum absolute atomic E-state index is 12.5. The number of amides is 1. The van der Waals surface area contributed by atoms with Crippen LogP contribution in [-0.4, -0.2) is 56.4 Å². The van der Waals surface area contributed by atoms with Gasteiger partial charge < -0.3 is 14.6 Å². The van der Waals surface area contributed by atoms with E-state index in [1.165, 1.54) is 11.8 Å². The molecule has 1 fully saturated rings. The van der Waals surface area contributed by atoms with Gasteiger partial charge in [0.1, 0.15) is 17.4 Å². The summed E-state index contributed by atoms with van der Waals surface area (Å²) < 4.78 is 11.7. The van der Waals surface area contributed by atoms with Crippen molar-refractivity contribution in [1.82, 2.24) is 20.0 Å². The molecule has 10 nitrogen and oxygen atoms in total. The number of anilines is 1. The largest absolute Gasteiger partial charge is 0.469 e. The Balaban J connectivity index is 1.34. The van der Waals surface area contributed by atoms with E-state index in [2.05, 4.69) is 21.4 Å². The van der Waals surface area contributed by atoms with Gasteiger partial charge in [0.05, 0.1) is 25.0 Å². The molecule has 10 heteroatoms. The molecule has 3 aromatic rings. The molecule has 2 atom stereocenters. The number of hydrogen-bond donors (Lipinski definition) is 1. The van der Waals surface area contributed by atoms with E-state index in [0.29, 0.717) is 24.4 Å². The molecule has 1 aromatic carbocycles. The highest BCUT2D eigenvalue weighted by atomic mass is 16.6. The summed E-state index contributed by atoms with van der Waals surface area (Å²) in [5.74, 6) is 0.273. The van der Waals surface area contributed by atoms with Crippen molar-refractivity contribution in [3.63, 3.8) is 0 Å². The zero-order chi connectivity index (χ0) is 24.0. The lowest BCUT2D eigenvalue weighted by Gasteiger charge is -2.16. The fourth-order valence-corrected chi connectivity index (χ4v) is 4.42. The van der Waals surface area contributed by atoms with Gasteiger partial charge >= 0.3 is 12.1 Å². The Morgan fingerprint density at radius 3 is 2.74 bits per heavy atom. The number of aromatic nitrogens is 4. The molecule has 2 aliphatic rings. The first-order valence-electron chi connectivity index (χ1n) is 11.1. The van der Waals surface area contributed by atoms with Gasteiger partial charge in [0.15, 0.2) is 5.82 Å². The Kier molecular flexibility index (Phi) is 5.32. The maximum atomic E-state index is 12.5. The van der Waals surface area contributed by atoms with E-state index in [-0.39, 0.29) is 30.6 Å². The molecule has 5 rings (SSSR count). The van der Waals surface area contributed by atoms with Crippen LogP contribution in [0.4, 0.5) is 10.5 Å². The van der Waals surface area contributed by atoms with E-state index in [0.717, 1.165) is 22.4 Å². The van der Waals surface area contributed by atoms with E-state index >= 15 is 0 Å². The lowest BCUT2D eigenvalue weighted by atomic mass is 9.99. The third-order valence-electron chi connectivity index (χ3n) is 6.27. The molecule has 0 bridgehead atoms. The molecule has 2 aliphatic heterocycles. The number of nitrogens with zero attached hydrogens (tertiary/aromatic N) is 5. The van der Waals surface area contributed by atoms with Gasteiger partial charge in [0, 0.05) is 18.2 Å². The Bertz CT molecular complexity index is 1250. The normalized spacial score (nSPS) is 19.1. The van der Waals surface area contributed by atoms with Crippen molar-refractivity contribution < 1.29 is 24.2 Å². The van der Waals surface area contributed by atoms with Crippen molar-refractivity contribution in [2.45, 2.75) is 50.9 Å². The number of fused-ring (bicyclic) bond motifs is 3. The second-order valence-corrected chi connectivity index (χ2v) is 9.03. The number of esters is 1. The van der Waals surface area contributed by atoms with Gasteiger partial charge in [-0.05, 0) is 62.1 Å². The van der Waals surface area contributed by atoms with Gasteiger partial charge in [-0.3, -0.25) is 9.69 Å². The molecule has 2 aromatic heterocycles.